The van der Waals surface area contributed by atoms with Crippen LogP contribution < -0.4 is 0 Å². The fourth-order valence-electron chi connectivity index (χ4n) is 1.75. The predicted octanol–water partition coefficient (Wildman–Crippen LogP) is 3.31. The summed E-state index contributed by atoms with van der Waals surface area (Å²) >= 11 is 0. The lowest BCUT2D eigenvalue weighted by molar-refractivity contribution is 0.198. The number of hydrogen-bond donors (Lipinski definition) is 1. The summed E-state index contributed by atoms with van der Waals surface area (Å²) in [5.74, 6) is -0.0334. The Bertz CT molecular complexity index is 306. The summed E-state index contributed by atoms with van der Waals surface area (Å²) in [6.07, 6.45) is -0.607. The van der Waals surface area contributed by atoms with Gasteiger partial charge in [-0.25, -0.2) is 4.39 Å². The number of aryl methyl sites for hydroxylation is 1. The molecule has 1 N–H and O–H groups in total. The van der Waals surface area contributed by atoms with E-state index >= 15 is 0 Å². The van der Waals surface area contributed by atoms with Crippen molar-refractivity contribution in [1.29, 1.82) is 0 Å². The minimum absolute atomic E-state index is 0.179. The molecule has 0 heterocycles. The third-order valence-corrected chi connectivity index (χ3v) is 2.42. The van der Waals surface area contributed by atoms with Gasteiger partial charge in [0.25, 0.3) is 0 Å². The molecule has 0 aliphatic rings. The minimum Gasteiger partial charge on any atom is -0.389 e. The van der Waals surface area contributed by atoms with Crippen LogP contribution in [-0.4, -0.2) is 5.11 Å². The summed E-state index contributed by atoms with van der Waals surface area (Å²) < 4.78 is 13.6. The topological polar surface area (TPSA) is 20.2 Å². The number of halogens is 1. The Kier molecular flexibility index (Phi) is 3.27. The molecule has 1 rings (SSSR count). The third kappa shape index (κ3) is 2.13. The molecular formula is C12H17FO. The highest BCUT2D eigenvalue weighted by Crippen LogP contribution is 2.26. The zero-order valence-electron chi connectivity index (χ0n) is 9.13. The Hall–Kier alpha value is -0.890. The molecule has 0 amide bonds. The molecule has 0 saturated heterocycles. The Morgan fingerprint density at radius 3 is 2.14 bits per heavy atom. The second-order valence-electron chi connectivity index (χ2n) is 4.06. The van der Waals surface area contributed by atoms with Gasteiger partial charge in [-0.2, -0.15) is 0 Å². The molecule has 1 nitrogen and oxygen atoms in total. The minimum atomic E-state index is -0.607. The van der Waals surface area contributed by atoms with E-state index in [1.54, 1.807) is 6.92 Å². The van der Waals surface area contributed by atoms with Gasteiger partial charge >= 0.3 is 0 Å². The first-order valence-corrected chi connectivity index (χ1v) is 4.91. The summed E-state index contributed by atoms with van der Waals surface area (Å²) in [5.41, 5.74) is 2.30. The van der Waals surface area contributed by atoms with Crippen LogP contribution in [0.15, 0.2) is 12.1 Å². The maximum absolute atomic E-state index is 13.6. The van der Waals surface area contributed by atoms with Crippen LogP contribution in [0.1, 0.15) is 49.5 Å². The van der Waals surface area contributed by atoms with Gasteiger partial charge in [0.05, 0.1) is 6.10 Å². The third-order valence-electron chi connectivity index (χ3n) is 2.42. The lowest BCUT2D eigenvalue weighted by atomic mass is 9.94. The van der Waals surface area contributed by atoms with E-state index < -0.39 is 6.10 Å². The van der Waals surface area contributed by atoms with E-state index in [0.717, 1.165) is 11.1 Å². The van der Waals surface area contributed by atoms with Gasteiger partial charge in [0.1, 0.15) is 5.82 Å². The molecule has 0 bridgehead atoms. The molecule has 0 fully saturated rings. The van der Waals surface area contributed by atoms with Crippen LogP contribution >= 0.6 is 0 Å². The van der Waals surface area contributed by atoms with Gasteiger partial charge in [0.2, 0.25) is 0 Å². The maximum Gasteiger partial charge on any atom is 0.127 e. The monoisotopic (exact) mass is 196 g/mol. The molecular weight excluding hydrogens is 179 g/mol. The first kappa shape index (κ1) is 11.2. The van der Waals surface area contributed by atoms with Gasteiger partial charge in [-0.15, -0.1) is 0 Å². The molecule has 0 aliphatic carbocycles. The molecule has 0 aromatic heterocycles. The molecule has 0 spiro atoms. The lowest BCUT2D eigenvalue weighted by Gasteiger charge is -2.14. The van der Waals surface area contributed by atoms with Crippen molar-refractivity contribution in [3.63, 3.8) is 0 Å². The van der Waals surface area contributed by atoms with Crippen molar-refractivity contribution in [3.8, 4) is 0 Å². The maximum atomic E-state index is 13.6. The van der Waals surface area contributed by atoms with Gasteiger partial charge in [-0.05, 0) is 42.5 Å². The van der Waals surface area contributed by atoms with Crippen LogP contribution in [0.5, 0.6) is 0 Å². The van der Waals surface area contributed by atoms with Crippen molar-refractivity contribution in [2.75, 3.05) is 0 Å². The van der Waals surface area contributed by atoms with Crippen molar-refractivity contribution in [2.45, 2.75) is 39.7 Å². The molecule has 0 saturated carbocycles. The van der Waals surface area contributed by atoms with Gasteiger partial charge in [-0.3, -0.25) is 0 Å². The summed E-state index contributed by atoms with van der Waals surface area (Å²) in [6, 6.07) is 3.27. The second kappa shape index (κ2) is 4.09. The largest absolute Gasteiger partial charge is 0.389 e. The lowest BCUT2D eigenvalue weighted by Crippen LogP contribution is -2.01. The number of benzene rings is 1. The molecule has 78 valence electrons. The average molecular weight is 196 g/mol. The smallest absolute Gasteiger partial charge is 0.127 e. The number of hydrogen-bond acceptors (Lipinski definition) is 1. The number of aliphatic hydroxyl groups excluding tert-OH is 1. The average Bonchev–Trinajstić information content (AvgIpc) is 2.01. The van der Waals surface area contributed by atoms with Crippen LogP contribution in [0.4, 0.5) is 4.39 Å². The standard InChI is InChI=1S/C12H17FO/c1-7(2)12-8(3)5-10(9(4)14)6-11(12)13/h5-7,9,14H,1-4H3. The van der Waals surface area contributed by atoms with Gasteiger partial charge in [0, 0.05) is 0 Å². The Morgan fingerprint density at radius 1 is 1.21 bits per heavy atom. The SMILES string of the molecule is Cc1cc(C(C)O)cc(F)c1C(C)C. The van der Waals surface area contributed by atoms with E-state index in [4.69, 9.17) is 0 Å². The van der Waals surface area contributed by atoms with Gasteiger partial charge in [0.15, 0.2) is 0 Å². The summed E-state index contributed by atoms with van der Waals surface area (Å²) in [5, 5.41) is 9.34. The first-order valence-electron chi connectivity index (χ1n) is 4.91. The van der Waals surface area contributed by atoms with Crippen molar-refractivity contribution >= 4 is 0 Å². The van der Waals surface area contributed by atoms with Crippen molar-refractivity contribution in [1.82, 2.24) is 0 Å². The highest BCUT2D eigenvalue weighted by molar-refractivity contribution is 5.35. The van der Waals surface area contributed by atoms with E-state index in [0.29, 0.717) is 5.56 Å². The van der Waals surface area contributed by atoms with Gasteiger partial charge < -0.3 is 5.11 Å². The molecule has 14 heavy (non-hydrogen) atoms. The Balaban J connectivity index is 3.25. The van der Waals surface area contributed by atoms with Crippen molar-refractivity contribution in [3.05, 3.63) is 34.6 Å². The fraction of sp³-hybridized carbons (Fsp3) is 0.500. The predicted molar refractivity (Wildman–Crippen MR) is 55.9 cm³/mol. The van der Waals surface area contributed by atoms with E-state index in [2.05, 4.69) is 0 Å². The number of aliphatic hydroxyl groups is 1. The second-order valence-corrected chi connectivity index (χ2v) is 4.06. The highest BCUT2D eigenvalue weighted by atomic mass is 19.1. The molecule has 0 radical (unpaired) electrons. The Labute approximate surface area is 84.6 Å². The summed E-state index contributed by atoms with van der Waals surface area (Å²) in [4.78, 5) is 0. The zero-order valence-corrected chi connectivity index (χ0v) is 9.13. The fourth-order valence-corrected chi connectivity index (χ4v) is 1.75. The van der Waals surface area contributed by atoms with Gasteiger partial charge in [-0.1, -0.05) is 19.9 Å². The van der Waals surface area contributed by atoms with Crippen LogP contribution in [0, 0.1) is 12.7 Å². The van der Waals surface area contributed by atoms with Crippen LogP contribution in [-0.2, 0) is 0 Å². The first-order chi connectivity index (χ1) is 6.43. The van der Waals surface area contributed by atoms with Crippen LogP contribution in [0.3, 0.4) is 0 Å². The van der Waals surface area contributed by atoms with E-state index in [1.165, 1.54) is 6.07 Å². The quantitative estimate of drug-likeness (QED) is 0.769. The molecule has 2 heteroatoms. The molecule has 1 aromatic rings. The summed E-state index contributed by atoms with van der Waals surface area (Å²) in [6.45, 7) is 7.45. The summed E-state index contributed by atoms with van der Waals surface area (Å²) in [7, 11) is 0. The highest BCUT2D eigenvalue weighted by Gasteiger charge is 2.13. The zero-order chi connectivity index (χ0) is 10.9. The van der Waals surface area contributed by atoms with Crippen LogP contribution in [0.25, 0.3) is 0 Å². The van der Waals surface area contributed by atoms with Crippen molar-refractivity contribution < 1.29 is 9.50 Å². The van der Waals surface area contributed by atoms with E-state index in [9.17, 15) is 9.50 Å². The normalized spacial score (nSPS) is 13.4. The van der Waals surface area contributed by atoms with E-state index in [1.807, 2.05) is 26.8 Å². The molecule has 1 aromatic carbocycles. The van der Waals surface area contributed by atoms with Crippen LogP contribution in [0.2, 0.25) is 0 Å². The molecule has 0 aliphatic heterocycles. The van der Waals surface area contributed by atoms with Crippen molar-refractivity contribution in [2.24, 2.45) is 0 Å². The number of rotatable bonds is 2. The Morgan fingerprint density at radius 2 is 1.79 bits per heavy atom. The molecule has 1 unspecified atom stereocenters. The van der Waals surface area contributed by atoms with E-state index in [-0.39, 0.29) is 11.7 Å². The molecule has 1 atom stereocenters.